The highest BCUT2D eigenvalue weighted by atomic mass is 16.2. The summed E-state index contributed by atoms with van der Waals surface area (Å²) in [6.07, 6.45) is 6.79. The van der Waals surface area contributed by atoms with E-state index in [2.05, 4.69) is 15.4 Å². The van der Waals surface area contributed by atoms with Crippen LogP contribution in [-0.4, -0.2) is 20.7 Å². The Morgan fingerprint density at radius 3 is 2.87 bits per heavy atom. The van der Waals surface area contributed by atoms with Gasteiger partial charge >= 0.3 is 0 Å². The smallest absolute Gasteiger partial charge is 0.267 e. The van der Waals surface area contributed by atoms with Gasteiger partial charge in [0.2, 0.25) is 5.91 Å². The van der Waals surface area contributed by atoms with Crippen molar-refractivity contribution in [2.45, 2.75) is 45.6 Å². The monoisotopic (exact) mass is 312 g/mol. The Bertz CT molecular complexity index is 765. The van der Waals surface area contributed by atoms with E-state index >= 15 is 0 Å². The van der Waals surface area contributed by atoms with E-state index in [-0.39, 0.29) is 18.0 Å². The molecule has 0 saturated heterocycles. The summed E-state index contributed by atoms with van der Waals surface area (Å²) in [6, 6.07) is 5.24. The Morgan fingerprint density at radius 2 is 2.09 bits per heavy atom. The first-order chi connectivity index (χ1) is 11.1. The lowest BCUT2D eigenvalue weighted by atomic mass is 10.1. The zero-order valence-electron chi connectivity index (χ0n) is 13.2. The summed E-state index contributed by atoms with van der Waals surface area (Å²) in [5.74, 6) is 0.174. The van der Waals surface area contributed by atoms with Crippen molar-refractivity contribution in [3.63, 3.8) is 0 Å². The number of hydrogen-bond donors (Lipinski definition) is 1. The van der Waals surface area contributed by atoms with Gasteiger partial charge in [-0.15, -0.1) is 0 Å². The van der Waals surface area contributed by atoms with Crippen molar-refractivity contribution in [1.29, 1.82) is 0 Å². The van der Waals surface area contributed by atoms with E-state index in [0.29, 0.717) is 5.82 Å². The van der Waals surface area contributed by atoms with Gasteiger partial charge in [0.1, 0.15) is 12.4 Å². The molecule has 1 aliphatic carbocycles. The number of carbonyl (C=O) groups excluding carboxylic acids is 1. The summed E-state index contributed by atoms with van der Waals surface area (Å²) in [7, 11) is 0. The highest BCUT2D eigenvalue weighted by Crippen LogP contribution is 2.16. The van der Waals surface area contributed by atoms with Crippen molar-refractivity contribution in [1.82, 2.24) is 14.8 Å². The molecule has 2 heterocycles. The lowest BCUT2D eigenvalue weighted by Gasteiger charge is -2.10. The number of aryl methyl sites for hydroxylation is 3. The molecule has 1 aliphatic rings. The summed E-state index contributed by atoms with van der Waals surface area (Å²) in [5.41, 5.74) is 2.78. The van der Waals surface area contributed by atoms with E-state index in [0.717, 1.165) is 48.9 Å². The Labute approximate surface area is 134 Å². The molecular weight excluding hydrogens is 292 g/mol. The molecule has 0 aromatic carbocycles. The molecule has 2 aromatic heterocycles. The number of carbonyl (C=O) groups is 1. The van der Waals surface area contributed by atoms with Crippen molar-refractivity contribution in [3.8, 4) is 0 Å². The van der Waals surface area contributed by atoms with E-state index < -0.39 is 0 Å². The van der Waals surface area contributed by atoms with Gasteiger partial charge in [0.15, 0.2) is 0 Å². The van der Waals surface area contributed by atoms with Crippen LogP contribution in [0.5, 0.6) is 0 Å². The third-order valence-corrected chi connectivity index (χ3v) is 4.00. The van der Waals surface area contributed by atoms with Gasteiger partial charge in [-0.25, -0.2) is 9.67 Å². The molecule has 0 bridgehead atoms. The SMILES string of the molecule is Cc1ccc(NC(=O)Cn2nc3c(cc2=O)CCCCC3)nc1. The molecule has 2 aromatic rings. The van der Waals surface area contributed by atoms with Crippen LogP contribution in [0.15, 0.2) is 29.2 Å². The second-order valence-electron chi connectivity index (χ2n) is 5.94. The predicted molar refractivity (Wildman–Crippen MR) is 87.4 cm³/mol. The van der Waals surface area contributed by atoms with E-state index in [4.69, 9.17) is 0 Å². The minimum Gasteiger partial charge on any atom is -0.309 e. The second kappa shape index (κ2) is 6.73. The number of fused-ring (bicyclic) bond motifs is 1. The lowest BCUT2D eigenvalue weighted by Crippen LogP contribution is -2.31. The molecule has 0 spiro atoms. The highest BCUT2D eigenvalue weighted by Gasteiger charge is 2.14. The summed E-state index contributed by atoms with van der Waals surface area (Å²) in [4.78, 5) is 28.4. The third-order valence-electron chi connectivity index (χ3n) is 4.00. The molecule has 0 unspecified atom stereocenters. The van der Waals surface area contributed by atoms with Crippen LogP contribution in [0.3, 0.4) is 0 Å². The van der Waals surface area contributed by atoms with Crippen LogP contribution in [0.2, 0.25) is 0 Å². The van der Waals surface area contributed by atoms with Crippen LogP contribution in [0, 0.1) is 6.92 Å². The maximum atomic E-state index is 12.1. The molecule has 6 nitrogen and oxygen atoms in total. The quantitative estimate of drug-likeness (QED) is 0.878. The van der Waals surface area contributed by atoms with E-state index in [1.807, 2.05) is 13.0 Å². The van der Waals surface area contributed by atoms with Crippen LogP contribution in [0.4, 0.5) is 5.82 Å². The standard InChI is InChI=1S/C17H20N4O2/c1-12-7-8-15(18-10-12)19-16(22)11-21-17(23)9-13-5-3-2-4-6-14(13)20-21/h7-10H,2-6,11H2,1H3,(H,18,19,22). The number of nitrogens with one attached hydrogen (secondary N) is 1. The first-order valence-electron chi connectivity index (χ1n) is 7.94. The number of amides is 1. The van der Waals surface area contributed by atoms with Gasteiger partial charge in [-0.3, -0.25) is 9.59 Å². The molecule has 0 saturated carbocycles. The first-order valence-corrected chi connectivity index (χ1v) is 7.94. The minimum absolute atomic E-state index is 0.0956. The maximum Gasteiger partial charge on any atom is 0.267 e. The van der Waals surface area contributed by atoms with Crippen LogP contribution < -0.4 is 10.9 Å². The fourth-order valence-electron chi connectivity index (χ4n) is 2.75. The van der Waals surface area contributed by atoms with Crippen molar-refractivity contribution in [3.05, 3.63) is 51.6 Å². The Morgan fingerprint density at radius 1 is 1.26 bits per heavy atom. The minimum atomic E-state index is -0.301. The Kier molecular flexibility index (Phi) is 4.50. The molecule has 0 radical (unpaired) electrons. The summed E-state index contributed by atoms with van der Waals surface area (Å²) in [6.45, 7) is 1.83. The van der Waals surface area contributed by atoms with Crippen LogP contribution in [-0.2, 0) is 24.2 Å². The lowest BCUT2D eigenvalue weighted by molar-refractivity contribution is -0.117. The Balaban J connectivity index is 1.74. The molecule has 0 atom stereocenters. The molecule has 3 rings (SSSR count). The largest absolute Gasteiger partial charge is 0.309 e. The van der Waals surface area contributed by atoms with Crippen molar-refractivity contribution in [2.75, 3.05) is 5.32 Å². The number of hydrogen-bond acceptors (Lipinski definition) is 4. The summed E-state index contributed by atoms with van der Waals surface area (Å²) in [5, 5.41) is 7.08. The first kappa shape index (κ1) is 15.4. The number of pyridine rings is 1. The van der Waals surface area contributed by atoms with Crippen molar-refractivity contribution >= 4 is 11.7 Å². The van der Waals surface area contributed by atoms with Crippen molar-refractivity contribution < 1.29 is 4.79 Å². The molecule has 1 amide bonds. The normalized spacial score (nSPS) is 14.0. The highest BCUT2D eigenvalue weighted by molar-refractivity contribution is 5.89. The molecule has 1 N–H and O–H groups in total. The summed E-state index contributed by atoms with van der Waals surface area (Å²) >= 11 is 0. The number of rotatable bonds is 3. The zero-order chi connectivity index (χ0) is 16.2. The molecule has 6 heteroatoms. The van der Waals surface area contributed by atoms with Gasteiger partial charge in [-0.1, -0.05) is 12.5 Å². The van der Waals surface area contributed by atoms with Gasteiger partial charge in [0.25, 0.3) is 5.56 Å². The average molecular weight is 312 g/mol. The number of aromatic nitrogens is 3. The molecule has 23 heavy (non-hydrogen) atoms. The Hall–Kier alpha value is -2.50. The fraction of sp³-hybridized carbons (Fsp3) is 0.412. The summed E-state index contributed by atoms with van der Waals surface area (Å²) < 4.78 is 1.24. The van der Waals surface area contributed by atoms with Gasteiger partial charge in [0, 0.05) is 12.3 Å². The van der Waals surface area contributed by atoms with E-state index in [9.17, 15) is 9.59 Å². The molecular formula is C17H20N4O2. The average Bonchev–Trinajstić information content (AvgIpc) is 2.75. The topological polar surface area (TPSA) is 76.9 Å². The van der Waals surface area contributed by atoms with E-state index in [1.54, 1.807) is 18.3 Å². The molecule has 120 valence electrons. The van der Waals surface area contributed by atoms with Gasteiger partial charge in [-0.2, -0.15) is 5.10 Å². The van der Waals surface area contributed by atoms with Gasteiger partial charge < -0.3 is 5.32 Å². The van der Waals surface area contributed by atoms with Crippen molar-refractivity contribution in [2.24, 2.45) is 0 Å². The third kappa shape index (κ3) is 3.83. The molecule has 0 aliphatic heterocycles. The van der Waals surface area contributed by atoms with Crippen LogP contribution in [0.1, 0.15) is 36.1 Å². The predicted octanol–water partition coefficient (Wildman–Crippen LogP) is 1.85. The van der Waals surface area contributed by atoms with Crippen LogP contribution >= 0.6 is 0 Å². The maximum absolute atomic E-state index is 12.1. The number of anilines is 1. The zero-order valence-corrected chi connectivity index (χ0v) is 13.2. The van der Waals surface area contributed by atoms with Gasteiger partial charge in [0.05, 0.1) is 5.69 Å². The van der Waals surface area contributed by atoms with Gasteiger partial charge in [-0.05, 0) is 49.8 Å². The second-order valence-corrected chi connectivity index (χ2v) is 5.94. The fourth-order valence-corrected chi connectivity index (χ4v) is 2.75. The number of nitrogens with zero attached hydrogens (tertiary/aromatic N) is 3. The van der Waals surface area contributed by atoms with E-state index in [1.165, 1.54) is 4.68 Å². The van der Waals surface area contributed by atoms with Crippen LogP contribution in [0.25, 0.3) is 0 Å². The molecule has 0 fully saturated rings.